The number of carbonyl (C=O) groups excluding carboxylic acids is 2. The maximum atomic E-state index is 12.7. The average Bonchev–Trinajstić information content (AvgIpc) is 2.78. The molecule has 2 amide bonds. The number of nitro groups is 1. The first kappa shape index (κ1) is 24.8. The van der Waals surface area contributed by atoms with Crippen LogP contribution in [-0.2, 0) is 4.74 Å². The first-order valence-corrected chi connectivity index (χ1v) is 11.0. The fraction of sp³-hybridized carbons (Fsp3) is 0.417. The lowest BCUT2D eigenvalue weighted by Crippen LogP contribution is -2.49. The van der Waals surface area contributed by atoms with Crippen LogP contribution < -0.4 is 20.3 Å². The summed E-state index contributed by atoms with van der Waals surface area (Å²) in [5.74, 6) is 0.0563. The summed E-state index contributed by atoms with van der Waals surface area (Å²) in [7, 11) is 1.54. The highest BCUT2D eigenvalue weighted by Gasteiger charge is 2.27. The molecule has 0 aliphatic carbocycles. The van der Waals surface area contributed by atoms with Crippen LogP contribution in [0.2, 0.25) is 0 Å². The summed E-state index contributed by atoms with van der Waals surface area (Å²) < 4.78 is 10.4. The van der Waals surface area contributed by atoms with E-state index in [1.165, 1.54) is 19.2 Å². The molecule has 1 heterocycles. The summed E-state index contributed by atoms with van der Waals surface area (Å²) in [5, 5.41) is 17.3. The van der Waals surface area contributed by atoms with Gasteiger partial charge in [-0.15, -0.1) is 0 Å². The molecule has 1 aliphatic rings. The Morgan fingerprint density at radius 1 is 1.15 bits per heavy atom. The molecule has 3 rings (SSSR count). The van der Waals surface area contributed by atoms with Gasteiger partial charge in [-0.3, -0.25) is 14.9 Å². The molecule has 34 heavy (non-hydrogen) atoms. The lowest BCUT2D eigenvalue weighted by Gasteiger charge is -2.35. The van der Waals surface area contributed by atoms with Crippen molar-refractivity contribution in [1.82, 2.24) is 5.32 Å². The number of methoxy groups -OCH3 is 1. The van der Waals surface area contributed by atoms with E-state index in [-0.39, 0.29) is 17.3 Å². The summed E-state index contributed by atoms with van der Waals surface area (Å²) in [4.78, 5) is 38.0. The highest BCUT2D eigenvalue weighted by atomic mass is 16.6. The molecule has 10 heteroatoms. The third-order valence-electron chi connectivity index (χ3n) is 5.28. The van der Waals surface area contributed by atoms with Crippen LogP contribution in [0.25, 0.3) is 0 Å². The van der Waals surface area contributed by atoms with Crippen LogP contribution in [0.5, 0.6) is 5.75 Å². The molecule has 0 bridgehead atoms. The molecule has 1 saturated heterocycles. The molecule has 0 aromatic heterocycles. The number of carbonyl (C=O) groups is 2. The van der Waals surface area contributed by atoms with Gasteiger partial charge >= 0.3 is 6.09 Å². The SMILES string of the molecule is COc1ccc(NC(=O)c2ccc(N3CCC[C@H](NC(=O)OC(C)(C)C)C3)cc2[N+](=O)[O-])cc1. The van der Waals surface area contributed by atoms with Gasteiger partial charge in [0.15, 0.2) is 0 Å². The van der Waals surface area contributed by atoms with E-state index in [9.17, 15) is 19.7 Å². The van der Waals surface area contributed by atoms with Crippen LogP contribution in [0.15, 0.2) is 42.5 Å². The number of rotatable bonds is 6. The van der Waals surface area contributed by atoms with Crippen molar-refractivity contribution in [1.29, 1.82) is 0 Å². The number of ether oxygens (including phenoxy) is 2. The highest BCUT2D eigenvalue weighted by Crippen LogP contribution is 2.29. The zero-order chi connectivity index (χ0) is 24.9. The second-order valence-corrected chi connectivity index (χ2v) is 9.07. The number of piperidine rings is 1. The second kappa shape index (κ2) is 10.4. The van der Waals surface area contributed by atoms with E-state index in [0.29, 0.717) is 30.2 Å². The van der Waals surface area contributed by atoms with Crippen molar-refractivity contribution in [3.63, 3.8) is 0 Å². The minimum absolute atomic E-state index is 0.0370. The minimum atomic E-state index is -0.596. The normalized spacial score (nSPS) is 15.9. The van der Waals surface area contributed by atoms with Crippen LogP contribution in [0.3, 0.4) is 0 Å². The maximum Gasteiger partial charge on any atom is 0.407 e. The summed E-state index contributed by atoms with van der Waals surface area (Å²) in [5.41, 5.74) is 0.191. The monoisotopic (exact) mass is 470 g/mol. The molecule has 2 aromatic carbocycles. The molecule has 1 atom stereocenters. The zero-order valence-electron chi connectivity index (χ0n) is 19.8. The number of benzene rings is 2. The first-order valence-electron chi connectivity index (χ1n) is 11.0. The van der Waals surface area contributed by atoms with Gasteiger partial charge in [-0.1, -0.05) is 0 Å². The number of nitrogens with one attached hydrogen (secondary N) is 2. The van der Waals surface area contributed by atoms with Crippen LogP contribution in [0.1, 0.15) is 44.0 Å². The van der Waals surface area contributed by atoms with E-state index in [2.05, 4.69) is 10.6 Å². The molecule has 0 spiro atoms. The molecule has 10 nitrogen and oxygen atoms in total. The van der Waals surface area contributed by atoms with Gasteiger partial charge in [0.25, 0.3) is 11.6 Å². The van der Waals surface area contributed by atoms with Gasteiger partial charge in [-0.25, -0.2) is 4.79 Å². The predicted octanol–water partition coefficient (Wildman–Crippen LogP) is 4.35. The van der Waals surface area contributed by atoms with Gasteiger partial charge in [0.1, 0.15) is 16.9 Å². The van der Waals surface area contributed by atoms with Crippen molar-refractivity contribution in [2.75, 3.05) is 30.4 Å². The van der Waals surface area contributed by atoms with E-state index in [1.54, 1.807) is 51.1 Å². The quantitative estimate of drug-likeness (QED) is 0.475. The second-order valence-electron chi connectivity index (χ2n) is 9.07. The number of anilines is 2. The minimum Gasteiger partial charge on any atom is -0.497 e. The third kappa shape index (κ3) is 6.60. The number of amides is 2. The number of hydrogen-bond acceptors (Lipinski definition) is 7. The molecule has 1 fully saturated rings. The zero-order valence-corrected chi connectivity index (χ0v) is 19.8. The van der Waals surface area contributed by atoms with Crippen LogP contribution in [0.4, 0.5) is 21.9 Å². The van der Waals surface area contributed by atoms with Crippen LogP contribution >= 0.6 is 0 Å². The summed E-state index contributed by atoms with van der Waals surface area (Å²) in [6.07, 6.45) is 1.09. The smallest absolute Gasteiger partial charge is 0.407 e. The fourth-order valence-electron chi connectivity index (χ4n) is 3.74. The van der Waals surface area contributed by atoms with Gasteiger partial charge in [-0.05, 0) is 70.0 Å². The fourth-order valence-corrected chi connectivity index (χ4v) is 3.74. The van der Waals surface area contributed by atoms with E-state index in [4.69, 9.17) is 9.47 Å². The Balaban J connectivity index is 1.73. The van der Waals surface area contributed by atoms with Crippen LogP contribution in [0, 0.1) is 10.1 Å². The van der Waals surface area contributed by atoms with Gasteiger partial charge in [0.05, 0.1) is 12.0 Å². The number of hydrogen-bond donors (Lipinski definition) is 2. The van der Waals surface area contributed by atoms with Crippen LogP contribution in [-0.4, -0.2) is 48.8 Å². The Morgan fingerprint density at radius 3 is 2.47 bits per heavy atom. The van der Waals surface area contributed by atoms with Crippen molar-refractivity contribution < 1.29 is 24.0 Å². The van der Waals surface area contributed by atoms with Crippen molar-refractivity contribution in [2.24, 2.45) is 0 Å². The topological polar surface area (TPSA) is 123 Å². The summed E-state index contributed by atoms with van der Waals surface area (Å²) in [6.45, 7) is 6.55. The first-order chi connectivity index (χ1) is 16.1. The Morgan fingerprint density at radius 2 is 1.85 bits per heavy atom. The molecular formula is C24H30N4O6. The maximum absolute atomic E-state index is 12.7. The van der Waals surface area contributed by atoms with Crippen molar-refractivity contribution in [2.45, 2.75) is 45.3 Å². The van der Waals surface area contributed by atoms with Crippen molar-refractivity contribution >= 4 is 29.1 Å². The predicted molar refractivity (Wildman–Crippen MR) is 129 cm³/mol. The van der Waals surface area contributed by atoms with Crippen molar-refractivity contribution in [3.8, 4) is 5.75 Å². The molecule has 2 N–H and O–H groups in total. The Bertz CT molecular complexity index is 1050. The summed E-state index contributed by atoms with van der Waals surface area (Å²) in [6, 6.07) is 11.1. The standard InChI is InChI=1S/C24H30N4O6/c1-24(2,3)34-23(30)26-17-6-5-13-27(15-17)18-9-12-20(21(14-18)28(31)32)22(29)25-16-7-10-19(33-4)11-8-16/h7-12,14,17H,5-6,13,15H2,1-4H3,(H,25,29)(H,26,30)/t17-/m0/s1. The van der Waals surface area contributed by atoms with Gasteiger partial charge in [-0.2, -0.15) is 0 Å². The Kier molecular flexibility index (Phi) is 7.60. The lowest BCUT2D eigenvalue weighted by molar-refractivity contribution is -0.385. The van der Waals surface area contributed by atoms with Gasteiger partial charge < -0.3 is 25.0 Å². The third-order valence-corrected chi connectivity index (χ3v) is 5.28. The van der Waals surface area contributed by atoms with Gasteiger partial charge in [0, 0.05) is 36.6 Å². The summed E-state index contributed by atoms with van der Waals surface area (Å²) >= 11 is 0. The van der Waals surface area contributed by atoms with Gasteiger partial charge in [0.2, 0.25) is 0 Å². The van der Waals surface area contributed by atoms with E-state index >= 15 is 0 Å². The lowest BCUT2D eigenvalue weighted by atomic mass is 10.0. The molecule has 182 valence electrons. The Labute approximate surface area is 198 Å². The molecule has 0 unspecified atom stereocenters. The van der Waals surface area contributed by atoms with Crippen molar-refractivity contribution in [3.05, 3.63) is 58.1 Å². The highest BCUT2D eigenvalue weighted by molar-refractivity contribution is 6.07. The molecular weight excluding hydrogens is 440 g/mol. The largest absolute Gasteiger partial charge is 0.497 e. The number of nitro benzene ring substituents is 1. The van der Waals surface area contributed by atoms with E-state index < -0.39 is 22.5 Å². The van der Waals surface area contributed by atoms with E-state index in [1.807, 2.05) is 4.90 Å². The Hall–Kier alpha value is -3.82. The number of alkyl carbamates (subject to hydrolysis) is 1. The number of nitrogens with zero attached hydrogens (tertiary/aromatic N) is 2. The molecule has 2 aromatic rings. The molecule has 0 radical (unpaired) electrons. The molecule has 1 aliphatic heterocycles. The van der Waals surface area contributed by atoms with E-state index in [0.717, 1.165) is 12.8 Å². The molecule has 0 saturated carbocycles. The average molecular weight is 471 g/mol.